The molecule has 0 unspecified atom stereocenters. The van der Waals surface area contributed by atoms with Crippen molar-refractivity contribution in [2.75, 3.05) is 18.8 Å². The summed E-state index contributed by atoms with van der Waals surface area (Å²) in [6, 6.07) is 0.294. The van der Waals surface area contributed by atoms with Crippen LogP contribution in [0.2, 0.25) is 0 Å². The van der Waals surface area contributed by atoms with Crippen molar-refractivity contribution in [3.63, 3.8) is 0 Å². The Labute approximate surface area is 134 Å². The molecule has 0 aromatic rings. The molecule has 2 rings (SSSR count). The molecule has 128 valence electrons. The molecule has 0 aromatic heterocycles. The molecule has 0 radical (unpaired) electrons. The number of nitrogens with zero attached hydrogens (tertiary/aromatic N) is 1. The number of likely N-dealkylation sites (tertiary alicyclic amines) is 1. The summed E-state index contributed by atoms with van der Waals surface area (Å²) in [5, 5.41) is 2.90. The molecule has 1 aliphatic heterocycles. The number of urea groups is 1. The average molecular weight is 330 g/mol. The second-order valence-corrected chi connectivity index (χ2v) is 9.20. The first kappa shape index (κ1) is 17.6. The molecule has 0 aromatic carbocycles. The lowest BCUT2D eigenvalue weighted by atomic mass is 9.97. The lowest BCUT2D eigenvalue weighted by Crippen LogP contribution is -2.49. The van der Waals surface area contributed by atoms with Crippen molar-refractivity contribution in [1.82, 2.24) is 10.2 Å². The van der Waals surface area contributed by atoms with Gasteiger partial charge in [-0.25, -0.2) is 13.2 Å². The summed E-state index contributed by atoms with van der Waals surface area (Å²) in [6.45, 7) is 2.81. The predicted molar refractivity (Wildman–Crippen MR) is 88.7 cm³/mol. The zero-order valence-corrected chi connectivity index (χ0v) is 14.5. The minimum absolute atomic E-state index is 0.00193. The fourth-order valence-electron chi connectivity index (χ4n) is 3.52. The Morgan fingerprint density at radius 1 is 1.00 bits per heavy atom. The zero-order valence-electron chi connectivity index (χ0n) is 13.7. The van der Waals surface area contributed by atoms with Crippen LogP contribution in [0.3, 0.4) is 0 Å². The van der Waals surface area contributed by atoms with Crippen LogP contribution in [0.1, 0.15) is 64.7 Å². The number of hydrogen-bond donors (Lipinski definition) is 1. The highest BCUT2D eigenvalue weighted by Gasteiger charge is 2.30. The maximum atomic E-state index is 12.4. The van der Waals surface area contributed by atoms with Gasteiger partial charge in [0.05, 0.1) is 5.25 Å². The van der Waals surface area contributed by atoms with Gasteiger partial charge in [-0.05, 0) is 25.7 Å². The van der Waals surface area contributed by atoms with Crippen molar-refractivity contribution < 1.29 is 13.2 Å². The lowest BCUT2D eigenvalue weighted by Gasteiger charge is -2.33. The van der Waals surface area contributed by atoms with Crippen molar-refractivity contribution in [2.24, 2.45) is 0 Å². The molecule has 1 saturated heterocycles. The van der Waals surface area contributed by atoms with Gasteiger partial charge in [0.25, 0.3) is 0 Å². The van der Waals surface area contributed by atoms with E-state index in [1.165, 1.54) is 32.1 Å². The third-order valence-electron chi connectivity index (χ3n) is 5.07. The van der Waals surface area contributed by atoms with E-state index in [-0.39, 0.29) is 17.0 Å². The van der Waals surface area contributed by atoms with Gasteiger partial charge in [-0.15, -0.1) is 0 Å². The average Bonchev–Trinajstić information content (AvgIpc) is 2.50. The van der Waals surface area contributed by atoms with E-state index in [4.69, 9.17) is 0 Å². The number of nitrogens with one attached hydrogen (secondary N) is 1. The third-order valence-corrected chi connectivity index (χ3v) is 7.36. The van der Waals surface area contributed by atoms with Crippen LogP contribution in [0.15, 0.2) is 0 Å². The molecule has 2 amide bonds. The second-order valence-electron chi connectivity index (χ2n) is 6.63. The van der Waals surface area contributed by atoms with E-state index in [9.17, 15) is 13.2 Å². The topological polar surface area (TPSA) is 66.5 Å². The van der Waals surface area contributed by atoms with Gasteiger partial charge in [-0.2, -0.15) is 0 Å². The Morgan fingerprint density at radius 3 is 2.09 bits per heavy atom. The molecule has 5 nitrogen and oxygen atoms in total. The fourth-order valence-corrected chi connectivity index (χ4v) is 4.92. The first-order valence-electron chi connectivity index (χ1n) is 8.80. The first-order valence-corrected chi connectivity index (χ1v) is 10.5. The largest absolute Gasteiger partial charge is 0.335 e. The van der Waals surface area contributed by atoms with Crippen LogP contribution in [0, 0.1) is 0 Å². The summed E-state index contributed by atoms with van der Waals surface area (Å²) < 4.78 is 23.8. The SMILES string of the molecule is CCS(=O)(=O)C1CCN(C(=O)NC2CCCCCCC2)CC1. The smallest absolute Gasteiger partial charge is 0.317 e. The highest BCUT2D eigenvalue weighted by molar-refractivity contribution is 7.92. The summed E-state index contributed by atoms with van der Waals surface area (Å²) in [4.78, 5) is 14.1. The number of carbonyl (C=O) groups excluding carboxylic acids is 1. The molecule has 0 spiro atoms. The maximum absolute atomic E-state index is 12.4. The van der Waals surface area contributed by atoms with Crippen LogP contribution in [-0.4, -0.2) is 49.5 Å². The van der Waals surface area contributed by atoms with Crippen molar-refractivity contribution >= 4 is 15.9 Å². The van der Waals surface area contributed by atoms with E-state index in [1.54, 1.807) is 11.8 Å². The van der Waals surface area contributed by atoms with Gasteiger partial charge in [0.15, 0.2) is 9.84 Å². The van der Waals surface area contributed by atoms with E-state index < -0.39 is 9.84 Å². The van der Waals surface area contributed by atoms with Gasteiger partial charge in [0, 0.05) is 24.9 Å². The molecule has 1 aliphatic carbocycles. The molecular weight excluding hydrogens is 300 g/mol. The normalized spacial score (nSPS) is 22.9. The quantitative estimate of drug-likeness (QED) is 0.865. The van der Waals surface area contributed by atoms with Crippen LogP contribution in [0.4, 0.5) is 4.79 Å². The molecule has 2 aliphatic rings. The molecular formula is C16H30N2O3S. The Balaban J connectivity index is 1.79. The fraction of sp³-hybridized carbons (Fsp3) is 0.938. The number of hydrogen-bond acceptors (Lipinski definition) is 3. The summed E-state index contributed by atoms with van der Waals surface area (Å²) in [5.74, 6) is 0.200. The van der Waals surface area contributed by atoms with Crippen LogP contribution in [0.5, 0.6) is 0 Å². The molecule has 1 heterocycles. The number of piperidine rings is 1. The number of carbonyl (C=O) groups is 1. The zero-order chi connectivity index (χ0) is 16.0. The van der Waals surface area contributed by atoms with Gasteiger partial charge in [0.1, 0.15) is 0 Å². The summed E-state index contributed by atoms with van der Waals surface area (Å²) in [6.07, 6.45) is 9.56. The van der Waals surface area contributed by atoms with E-state index in [1.807, 2.05) is 0 Å². The summed E-state index contributed by atoms with van der Waals surface area (Å²) >= 11 is 0. The van der Waals surface area contributed by atoms with Crippen LogP contribution >= 0.6 is 0 Å². The van der Waals surface area contributed by atoms with Gasteiger partial charge in [0.2, 0.25) is 0 Å². The Bertz CT molecular complexity index is 448. The van der Waals surface area contributed by atoms with E-state index in [2.05, 4.69) is 5.32 Å². The predicted octanol–water partition coefficient (Wildman–Crippen LogP) is 2.71. The third kappa shape index (κ3) is 4.86. The molecule has 2 fully saturated rings. The lowest BCUT2D eigenvalue weighted by molar-refractivity contribution is 0.180. The minimum Gasteiger partial charge on any atom is -0.335 e. The molecule has 22 heavy (non-hydrogen) atoms. The highest BCUT2D eigenvalue weighted by atomic mass is 32.2. The number of amides is 2. The maximum Gasteiger partial charge on any atom is 0.317 e. The van der Waals surface area contributed by atoms with E-state index >= 15 is 0 Å². The van der Waals surface area contributed by atoms with Crippen LogP contribution in [-0.2, 0) is 9.84 Å². The second kappa shape index (κ2) is 8.18. The standard InChI is InChI=1S/C16H30N2O3S/c1-2-22(20,21)15-10-12-18(13-11-15)16(19)17-14-8-6-4-3-5-7-9-14/h14-15H,2-13H2,1H3,(H,17,19). The van der Waals surface area contributed by atoms with Crippen molar-refractivity contribution in [1.29, 1.82) is 0 Å². The Morgan fingerprint density at radius 2 is 1.55 bits per heavy atom. The monoisotopic (exact) mass is 330 g/mol. The van der Waals surface area contributed by atoms with E-state index in [0.29, 0.717) is 32.0 Å². The minimum atomic E-state index is -2.96. The van der Waals surface area contributed by atoms with Crippen LogP contribution in [0.25, 0.3) is 0 Å². The van der Waals surface area contributed by atoms with Crippen molar-refractivity contribution in [3.8, 4) is 0 Å². The number of rotatable bonds is 3. The molecule has 0 atom stereocenters. The first-order chi connectivity index (χ1) is 10.5. The number of sulfone groups is 1. The van der Waals surface area contributed by atoms with Crippen molar-refractivity contribution in [2.45, 2.75) is 76.0 Å². The molecule has 1 saturated carbocycles. The summed E-state index contributed by atoms with van der Waals surface area (Å²) in [7, 11) is -2.96. The van der Waals surface area contributed by atoms with Crippen molar-refractivity contribution in [3.05, 3.63) is 0 Å². The van der Waals surface area contributed by atoms with Gasteiger partial charge in [-0.3, -0.25) is 0 Å². The van der Waals surface area contributed by atoms with Gasteiger partial charge in [-0.1, -0.05) is 39.0 Å². The Hall–Kier alpha value is -0.780. The summed E-state index contributed by atoms with van der Waals surface area (Å²) in [5.41, 5.74) is 0. The highest BCUT2D eigenvalue weighted by Crippen LogP contribution is 2.20. The Kier molecular flexibility index (Phi) is 6.53. The van der Waals surface area contributed by atoms with E-state index in [0.717, 1.165) is 12.8 Å². The molecule has 0 bridgehead atoms. The molecule has 6 heteroatoms. The molecule has 1 N–H and O–H groups in total. The van der Waals surface area contributed by atoms with Gasteiger partial charge >= 0.3 is 6.03 Å². The van der Waals surface area contributed by atoms with Gasteiger partial charge < -0.3 is 10.2 Å². The van der Waals surface area contributed by atoms with Crippen LogP contribution < -0.4 is 5.32 Å².